The van der Waals surface area contributed by atoms with Crippen LogP contribution in [0.15, 0.2) is 24.3 Å². The fourth-order valence-electron chi connectivity index (χ4n) is 2.35. The monoisotopic (exact) mass is 280 g/mol. The number of nitrogens with one attached hydrogen (secondary N) is 1. The second-order valence-corrected chi connectivity index (χ2v) is 4.87. The standard InChI is InChI=1S/C14H17ClN2O2/c1-16-13(18)12-3-2-8-17(12)14(19)11-6-4-10(9-15)5-7-11/h4-7,12H,2-3,8-9H2,1H3,(H,16,18). The fraction of sp³-hybridized carbons (Fsp3) is 0.429. The molecule has 19 heavy (non-hydrogen) atoms. The van der Waals surface area contributed by atoms with Gasteiger partial charge in [0.25, 0.3) is 5.91 Å². The first-order valence-electron chi connectivity index (χ1n) is 6.35. The molecule has 1 atom stereocenters. The number of carbonyl (C=O) groups excluding carboxylic acids is 2. The second kappa shape index (κ2) is 6.06. The van der Waals surface area contributed by atoms with E-state index < -0.39 is 0 Å². The molecule has 0 bridgehead atoms. The Morgan fingerprint density at radius 2 is 2.05 bits per heavy atom. The molecule has 102 valence electrons. The Balaban J connectivity index is 2.15. The molecule has 1 aromatic carbocycles. The van der Waals surface area contributed by atoms with E-state index in [1.54, 1.807) is 24.1 Å². The van der Waals surface area contributed by atoms with Gasteiger partial charge in [0.15, 0.2) is 0 Å². The van der Waals surface area contributed by atoms with Gasteiger partial charge < -0.3 is 10.2 Å². The summed E-state index contributed by atoms with van der Waals surface area (Å²) in [5.41, 5.74) is 1.58. The first-order chi connectivity index (χ1) is 9.17. The molecule has 1 saturated heterocycles. The van der Waals surface area contributed by atoms with E-state index in [-0.39, 0.29) is 17.9 Å². The predicted octanol–water partition coefficient (Wildman–Crippen LogP) is 1.78. The van der Waals surface area contributed by atoms with Gasteiger partial charge in [-0.25, -0.2) is 0 Å². The summed E-state index contributed by atoms with van der Waals surface area (Å²) in [5, 5.41) is 2.61. The minimum Gasteiger partial charge on any atom is -0.357 e. The summed E-state index contributed by atoms with van der Waals surface area (Å²) in [6.45, 7) is 0.633. The Labute approximate surface area is 117 Å². The van der Waals surface area contributed by atoms with E-state index in [1.807, 2.05) is 12.1 Å². The molecule has 1 fully saturated rings. The van der Waals surface area contributed by atoms with E-state index >= 15 is 0 Å². The molecule has 4 nitrogen and oxygen atoms in total. The molecule has 1 heterocycles. The molecule has 1 aliphatic rings. The minimum absolute atomic E-state index is 0.0905. The highest BCUT2D eigenvalue weighted by Gasteiger charge is 2.33. The summed E-state index contributed by atoms with van der Waals surface area (Å²) in [6, 6.07) is 6.86. The van der Waals surface area contributed by atoms with Crippen LogP contribution in [0, 0.1) is 0 Å². The number of benzene rings is 1. The van der Waals surface area contributed by atoms with E-state index in [4.69, 9.17) is 11.6 Å². The van der Waals surface area contributed by atoms with Crippen molar-refractivity contribution in [1.82, 2.24) is 10.2 Å². The van der Waals surface area contributed by atoms with Crippen molar-refractivity contribution in [3.05, 3.63) is 35.4 Å². The highest BCUT2D eigenvalue weighted by Crippen LogP contribution is 2.20. The lowest BCUT2D eigenvalue weighted by Crippen LogP contribution is -2.44. The Kier molecular flexibility index (Phi) is 4.43. The van der Waals surface area contributed by atoms with Gasteiger partial charge in [-0.05, 0) is 30.5 Å². The SMILES string of the molecule is CNC(=O)C1CCCN1C(=O)c1ccc(CCl)cc1. The van der Waals surface area contributed by atoms with Gasteiger partial charge in [-0.15, -0.1) is 11.6 Å². The number of amides is 2. The molecule has 1 N–H and O–H groups in total. The maximum absolute atomic E-state index is 12.4. The van der Waals surface area contributed by atoms with E-state index in [9.17, 15) is 9.59 Å². The summed E-state index contributed by atoms with van der Waals surface area (Å²) in [5.74, 6) is 0.245. The van der Waals surface area contributed by atoms with Crippen LogP contribution < -0.4 is 5.32 Å². The lowest BCUT2D eigenvalue weighted by molar-refractivity contribution is -0.124. The lowest BCUT2D eigenvalue weighted by atomic mass is 10.1. The smallest absolute Gasteiger partial charge is 0.254 e. The maximum atomic E-state index is 12.4. The average molecular weight is 281 g/mol. The molecule has 2 amide bonds. The van der Waals surface area contributed by atoms with Crippen LogP contribution in [0.4, 0.5) is 0 Å². The van der Waals surface area contributed by atoms with Gasteiger partial charge in [0.05, 0.1) is 0 Å². The molecule has 0 spiro atoms. The first kappa shape index (κ1) is 13.9. The van der Waals surface area contributed by atoms with E-state index in [0.29, 0.717) is 18.0 Å². The maximum Gasteiger partial charge on any atom is 0.254 e. The zero-order valence-electron chi connectivity index (χ0n) is 10.9. The molecule has 0 aromatic heterocycles. The van der Waals surface area contributed by atoms with Crippen LogP contribution in [0.1, 0.15) is 28.8 Å². The number of rotatable bonds is 3. The molecule has 2 rings (SSSR count). The zero-order valence-corrected chi connectivity index (χ0v) is 11.6. The number of nitrogens with zero attached hydrogens (tertiary/aromatic N) is 1. The van der Waals surface area contributed by atoms with Crippen molar-refractivity contribution >= 4 is 23.4 Å². The summed E-state index contributed by atoms with van der Waals surface area (Å²) in [7, 11) is 1.60. The molecule has 1 unspecified atom stereocenters. The lowest BCUT2D eigenvalue weighted by Gasteiger charge is -2.23. The molecule has 5 heteroatoms. The molecular weight excluding hydrogens is 264 g/mol. The molecule has 1 aliphatic heterocycles. The third-order valence-electron chi connectivity index (χ3n) is 3.42. The number of likely N-dealkylation sites (N-methyl/N-ethyl adjacent to an activating group) is 1. The summed E-state index contributed by atoms with van der Waals surface area (Å²) >= 11 is 5.72. The van der Waals surface area contributed by atoms with Crippen molar-refractivity contribution in [2.24, 2.45) is 0 Å². The normalized spacial score (nSPS) is 18.4. The van der Waals surface area contributed by atoms with Crippen LogP contribution in [0.3, 0.4) is 0 Å². The van der Waals surface area contributed by atoms with Gasteiger partial charge >= 0.3 is 0 Å². The number of halogens is 1. The van der Waals surface area contributed by atoms with Crippen LogP contribution in [-0.2, 0) is 10.7 Å². The summed E-state index contributed by atoms with van der Waals surface area (Å²) in [6.07, 6.45) is 1.59. The highest BCUT2D eigenvalue weighted by atomic mass is 35.5. The zero-order chi connectivity index (χ0) is 13.8. The number of hydrogen-bond acceptors (Lipinski definition) is 2. The topological polar surface area (TPSA) is 49.4 Å². The van der Waals surface area contributed by atoms with Gasteiger partial charge in [-0.2, -0.15) is 0 Å². The van der Waals surface area contributed by atoms with E-state index in [0.717, 1.165) is 18.4 Å². The van der Waals surface area contributed by atoms with Crippen molar-refractivity contribution < 1.29 is 9.59 Å². The second-order valence-electron chi connectivity index (χ2n) is 4.60. The first-order valence-corrected chi connectivity index (χ1v) is 6.88. The molecular formula is C14H17ClN2O2. The molecule has 1 aromatic rings. The van der Waals surface area contributed by atoms with Crippen LogP contribution in [-0.4, -0.2) is 36.3 Å². The number of carbonyl (C=O) groups is 2. The number of likely N-dealkylation sites (tertiary alicyclic amines) is 1. The van der Waals surface area contributed by atoms with Gasteiger partial charge in [0.2, 0.25) is 5.91 Å². The Morgan fingerprint density at radius 1 is 1.37 bits per heavy atom. The Hall–Kier alpha value is -1.55. The number of alkyl halides is 1. The van der Waals surface area contributed by atoms with Crippen LogP contribution in [0.2, 0.25) is 0 Å². The van der Waals surface area contributed by atoms with E-state index in [1.165, 1.54) is 0 Å². The van der Waals surface area contributed by atoms with Crippen molar-refractivity contribution in [3.63, 3.8) is 0 Å². The number of hydrogen-bond donors (Lipinski definition) is 1. The summed E-state index contributed by atoms with van der Waals surface area (Å²) < 4.78 is 0. The molecule has 0 saturated carbocycles. The van der Waals surface area contributed by atoms with Gasteiger partial charge in [-0.1, -0.05) is 12.1 Å². The van der Waals surface area contributed by atoms with E-state index in [2.05, 4.69) is 5.32 Å². The van der Waals surface area contributed by atoms with Gasteiger partial charge in [0, 0.05) is 25.0 Å². The predicted molar refractivity (Wildman–Crippen MR) is 74.1 cm³/mol. The van der Waals surface area contributed by atoms with Crippen LogP contribution in [0.25, 0.3) is 0 Å². The van der Waals surface area contributed by atoms with Crippen LogP contribution in [0.5, 0.6) is 0 Å². The van der Waals surface area contributed by atoms with Gasteiger partial charge in [0.1, 0.15) is 6.04 Å². The molecule has 0 radical (unpaired) electrons. The van der Waals surface area contributed by atoms with Gasteiger partial charge in [-0.3, -0.25) is 9.59 Å². The average Bonchev–Trinajstić information content (AvgIpc) is 2.95. The highest BCUT2D eigenvalue weighted by molar-refractivity contribution is 6.17. The Morgan fingerprint density at radius 3 is 2.63 bits per heavy atom. The third-order valence-corrected chi connectivity index (χ3v) is 3.73. The molecule has 0 aliphatic carbocycles. The van der Waals surface area contributed by atoms with Crippen LogP contribution >= 0.6 is 11.6 Å². The fourth-order valence-corrected chi connectivity index (χ4v) is 2.53. The minimum atomic E-state index is -0.342. The van der Waals surface area contributed by atoms with Crippen molar-refractivity contribution in [1.29, 1.82) is 0 Å². The largest absolute Gasteiger partial charge is 0.357 e. The Bertz CT molecular complexity index is 473. The van der Waals surface area contributed by atoms with Crippen molar-refractivity contribution in [2.45, 2.75) is 24.8 Å². The third kappa shape index (κ3) is 2.89. The quantitative estimate of drug-likeness (QED) is 0.858. The van der Waals surface area contributed by atoms with Crippen molar-refractivity contribution in [3.8, 4) is 0 Å². The van der Waals surface area contributed by atoms with Crippen molar-refractivity contribution in [2.75, 3.05) is 13.6 Å². The summed E-state index contributed by atoms with van der Waals surface area (Å²) in [4.78, 5) is 25.8.